The second-order valence-electron chi connectivity index (χ2n) is 9.99. The highest BCUT2D eigenvalue weighted by molar-refractivity contribution is 5.83. The van der Waals surface area contributed by atoms with Crippen molar-refractivity contribution in [3.8, 4) is 11.3 Å². The predicted octanol–water partition coefficient (Wildman–Crippen LogP) is 5.18. The molecule has 0 spiro atoms. The molecule has 1 fully saturated rings. The number of alkyl halides is 3. The molecule has 1 aromatic heterocycles. The van der Waals surface area contributed by atoms with E-state index >= 15 is 0 Å². The summed E-state index contributed by atoms with van der Waals surface area (Å²) >= 11 is 0. The van der Waals surface area contributed by atoms with Gasteiger partial charge in [-0.3, -0.25) is 0 Å². The molecule has 1 saturated heterocycles. The van der Waals surface area contributed by atoms with E-state index in [1.165, 1.54) is 6.07 Å². The van der Waals surface area contributed by atoms with Gasteiger partial charge in [0.25, 0.3) is 0 Å². The molecule has 0 saturated carbocycles. The number of ether oxygens (including phenoxy) is 1. The van der Waals surface area contributed by atoms with Crippen LogP contribution >= 0.6 is 0 Å². The number of halogens is 3. The van der Waals surface area contributed by atoms with Crippen LogP contribution in [0, 0.1) is 0 Å². The van der Waals surface area contributed by atoms with Gasteiger partial charge in [0, 0.05) is 36.5 Å². The van der Waals surface area contributed by atoms with Crippen molar-refractivity contribution in [2.24, 2.45) is 4.99 Å². The number of amides is 1. The fraction of sp³-hybridized carbons (Fsp3) is 0.333. The number of alkyl carbamates (subject to hydrolysis) is 1. The number of hydrogen-bond acceptors (Lipinski definition) is 6. The lowest BCUT2D eigenvalue weighted by Gasteiger charge is -2.33. The zero-order valence-corrected chi connectivity index (χ0v) is 23.1. The van der Waals surface area contributed by atoms with Crippen molar-refractivity contribution in [1.82, 2.24) is 26.1 Å². The lowest BCUT2D eigenvalue weighted by Crippen LogP contribution is -2.45. The van der Waals surface area contributed by atoms with Crippen molar-refractivity contribution in [2.75, 3.05) is 24.6 Å². The average molecular weight is 580 g/mol. The third kappa shape index (κ3) is 7.17. The van der Waals surface area contributed by atoms with Gasteiger partial charge < -0.3 is 25.6 Å². The number of guanidine groups is 1. The standard InChI is InChI=1S/C30H32F3N7O2/c1-2-42-29(41)36-23-12-15-40(16-13-23)26-18-24(27(39-38-26)21-9-6-10-22(17-21)30(31,32)33)25-11-14-34-28(37-25)35-19-20-7-4-3-5-8-20/h3-11,14,17-18,23,25H,2,12-13,15-16,19H2,1H3,(H,36,41)(H2,34,35,37). The van der Waals surface area contributed by atoms with E-state index in [2.05, 4.69) is 36.0 Å². The summed E-state index contributed by atoms with van der Waals surface area (Å²) < 4.78 is 45.6. The van der Waals surface area contributed by atoms with Crippen molar-refractivity contribution in [3.05, 3.63) is 89.6 Å². The molecule has 1 unspecified atom stereocenters. The molecule has 1 amide bonds. The summed E-state index contributed by atoms with van der Waals surface area (Å²) in [5, 5.41) is 18.2. The molecule has 2 aliphatic rings. The van der Waals surface area contributed by atoms with Crippen LogP contribution in [0.25, 0.3) is 11.3 Å². The quantitative estimate of drug-likeness (QED) is 0.354. The number of piperidine rings is 1. The third-order valence-electron chi connectivity index (χ3n) is 7.09. The number of carbonyl (C=O) groups excluding carboxylic acids is 1. The molecule has 3 N–H and O–H groups in total. The molecular weight excluding hydrogens is 547 g/mol. The second-order valence-corrected chi connectivity index (χ2v) is 9.99. The Morgan fingerprint density at radius 2 is 1.88 bits per heavy atom. The molecule has 42 heavy (non-hydrogen) atoms. The molecule has 2 aliphatic heterocycles. The highest BCUT2D eigenvalue weighted by Gasteiger charge is 2.31. The van der Waals surface area contributed by atoms with Crippen LogP contribution in [0.2, 0.25) is 0 Å². The number of carbonyl (C=O) groups is 1. The van der Waals surface area contributed by atoms with E-state index in [9.17, 15) is 18.0 Å². The van der Waals surface area contributed by atoms with E-state index < -0.39 is 23.9 Å². The Labute approximate surface area is 241 Å². The fourth-order valence-electron chi connectivity index (χ4n) is 4.93. The first-order valence-corrected chi connectivity index (χ1v) is 13.8. The number of benzene rings is 2. The van der Waals surface area contributed by atoms with Gasteiger partial charge in [-0.15, -0.1) is 10.2 Å². The van der Waals surface area contributed by atoms with Gasteiger partial charge in [-0.2, -0.15) is 13.2 Å². The highest BCUT2D eigenvalue weighted by atomic mass is 19.4. The first-order valence-electron chi connectivity index (χ1n) is 13.8. The molecule has 0 aliphatic carbocycles. The Bertz CT molecular complexity index is 1440. The van der Waals surface area contributed by atoms with E-state index in [1.54, 1.807) is 19.2 Å². The van der Waals surface area contributed by atoms with Crippen LogP contribution in [-0.4, -0.2) is 48.0 Å². The van der Waals surface area contributed by atoms with Crippen LogP contribution in [0.3, 0.4) is 0 Å². The van der Waals surface area contributed by atoms with Gasteiger partial charge in [-0.1, -0.05) is 42.5 Å². The number of nitrogens with one attached hydrogen (secondary N) is 3. The highest BCUT2D eigenvalue weighted by Crippen LogP contribution is 2.35. The largest absolute Gasteiger partial charge is 0.450 e. The number of anilines is 1. The maximum atomic E-state index is 13.6. The molecule has 0 radical (unpaired) electrons. The van der Waals surface area contributed by atoms with Gasteiger partial charge in [0.1, 0.15) is 0 Å². The molecule has 220 valence electrons. The lowest BCUT2D eigenvalue weighted by atomic mass is 9.98. The normalized spacial score (nSPS) is 18.3. The smallest absolute Gasteiger partial charge is 0.416 e. The zero-order chi connectivity index (χ0) is 29.5. The van der Waals surface area contributed by atoms with E-state index in [-0.39, 0.29) is 6.04 Å². The molecule has 1 atom stereocenters. The average Bonchev–Trinajstić information content (AvgIpc) is 3.00. The maximum absolute atomic E-state index is 13.6. The van der Waals surface area contributed by atoms with Crippen molar-refractivity contribution in [3.63, 3.8) is 0 Å². The zero-order valence-electron chi connectivity index (χ0n) is 23.1. The van der Waals surface area contributed by atoms with Gasteiger partial charge in [0.15, 0.2) is 11.8 Å². The Hall–Kier alpha value is -4.61. The first kappa shape index (κ1) is 28.9. The van der Waals surface area contributed by atoms with Crippen molar-refractivity contribution in [2.45, 2.75) is 44.6 Å². The first-order chi connectivity index (χ1) is 20.3. The molecule has 0 bridgehead atoms. The Balaban J connectivity index is 1.42. The molecule has 3 heterocycles. The fourth-order valence-corrected chi connectivity index (χ4v) is 4.93. The van der Waals surface area contributed by atoms with Crippen LogP contribution < -0.4 is 20.9 Å². The molecule has 5 rings (SSSR count). The molecule has 12 heteroatoms. The van der Waals surface area contributed by atoms with Crippen molar-refractivity contribution >= 4 is 17.9 Å². The second kappa shape index (κ2) is 12.9. The van der Waals surface area contributed by atoms with Crippen LogP contribution in [0.1, 0.15) is 42.5 Å². The number of hydrogen-bond donors (Lipinski definition) is 3. The van der Waals surface area contributed by atoms with Crippen LogP contribution in [-0.2, 0) is 17.5 Å². The summed E-state index contributed by atoms with van der Waals surface area (Å²) in [6.45, 7) is 3.75. The minimum atomic E-state index is -4.49. The van der Waals surface area contributed by atoms with Crippen LogP contribution in [0.5, 0.6) is 0 Å². The van der Waals surface area contributed by atoms with Gasteiger partial charge in [0.05, 0.1) is 30.5 Å². The number of nitrogens with zero attached hydrogens (tertiary/aromatic N) is 4. The van der Waals surface area contributed by atoms with Gasteiger partial charge in [-0.25, -0.2) is 9.79 Å². The Morgan fingerprint density at radius 3 is 2.62 bits per heavy atom. The Morgan fingerprint density at radius 1 is 1.10 bits per heavy atom. The van der Waals surface area contributed by atoms with Crippen molar-refractivity contribution in [1.29, 1.82) is 0 Å². The minimum absolute atomic E-state index is 0.0190. The minimum Gasteiger partial charge on any atom is -0.450 e. The summed E-state index contributed by atoms with van der Waals surface area (Å²) in [4.78, 5) is 18.5. The SMILES string of the molecule is CCOC(=O)NC1CCN(c2cc(C3C=CNC(=NCc4ccccc4)N3)c(-c3cccc(C(F)(F)F)c3)nn2)CC1. The molecule has 9 nitrogen and oxygen atoms in total. The maximum Gasteiger partial charge on any atom is 0.416 e. The van der Waals surface area contributed by atoms with E-state index in [0.29, 0.717) is 67.7 Å². The monoisotopic (exact) mass is 579 g/mol. The third-order valence-corrected chi connectivity index (χ3v) is 7.09. The van der Waals surface area contributed by atoms with Crippen molar-refractivity contribution < 1.29 is 22.7 Å². The van der Waals surface area contributed by atoms with E-state index in [0.717, 1.165) is 17.7 Å². The summed E-state index contributed by atoms with van der Waals surface area (Å²) in [6, 6.07) is 16.3. The summed E-state index contributed by atoms with van der Waals surface area (Å²) in [5.41, 5.74) is 1.60. The van der Waals surface area contributed by atoms with E-state index in [4.69, 9.17) is 4.74 Å². The Kier molecular flexibility index (Phi) is 8.89. The summed E-state index contributed by atoms with van der Waals surface area (Å²) in [6.07, 6.45) is 0.0787. The molecule has 2 aromatic carbocycles. The molecule has 3 aromatic rings. The van der Waals surface area contributed by atoms with E-state index in [1.807, 2.05) is 42.5 Å². The van der Waals surface area contributed by atoms with Gasteiger partial charge >= 0.3 is 12.3 Å². The number of rotatable bonds is 7. The molecular formula is C30H32F3N7O2. The predicted molar refractivity (Wildman–Crippen MR) is 154 cm³/mol. The summed E-state index contributed by atoms with van der Waals surface area (Å²) in [7, 11) is 0. The van der Waals surface area contributed by atoms with Gasteiger partial charge in [0.2, 0.25) is 0 Å². The lowest BCUT2D eigenvalue weighted by molar-refractivity contribution is -0.137. The summed E-state index contributed by atoms with van der Waals surface area (Å²) in [5.74, 6) is 1.14. The number of aliphatic imine (C=N–C) groups is 1. The van der Waals surface area contributed by atoms with Crippen LogP contribution in [0.4, 0.5) is 23.8 Å². The topological polar surface area (TPSA) is 104 Å². The number of aromatic nitrogens is 2. The van der Waals surface area contributed by atoms with Crippen LogP contribution in [0.15, 0.2) is 77.9 Å². The van der Waals surface area contributed by atoms with Gasteiger partial charge in [-0.05, 0) is 49.6 Å².